The highest BCUT2D eigenvalue weighted by Gasteiger charge is 2.31. The van der Waals surface area contributed by atoms with E-state index in [0.29, 0.717) is 12.1 Å². The van der Waals surface area contributed by atoms with Crippen LogP contribution in [0.2, 0.25) is 5.02 Å². The lowest BCUT2D eigenvalue weighted by Crippen LogP contribution is -2.14. The smallest absolute Gasteiger partial charge is 0.281 e. The number of H-pyrrole nitrogens is 1. The number of aromatic amines is 1. The van der Waals surface area contributed by atoms with Gasteiger partial charge in [-0.15, -0.1) is 0 Å². The number of alkyl halides is 3. The van der Waals surface area contributed by atoms with E-state index in [1.54, 1.807) is 0 Å². The third-order valence-electron chi connectivity index (χ3n) is 2.55. The van der Waals surface area contributed by atoms with Crippen molar-refractivity contribution < 1.29 is 21.6 Å². The van der Waals surface area contributed by atoms with Crippen LogP contribution in [0.4, 0.5) is 18.9 Å². The molecule has 21 heavy (non-hydrogen) atoms. The Morgan fingerprint density at radius 2 is 1.95 bits per heavy atom. The van der Waals surface area contributed by atoms with Gasteiger partial charge in [-0.05, 0) is 25.1 Å². The Morgan fingerprint density at radius 3 is 2.48 bits per heavy atom. The van der Waals surface area contributed by atoms with Crippen molar-refractivity contribution in [3.8, 4) is 0 Å². The normalized spacial score (nSPS) is 12.4. The fraction of sp³-hybridized carbons (Fsp3) is 0.182. The summed E-state index contributed by atoms with van der Waals surface area (Å²) in [6.07, 6.45) is -3.57. The maximum Gasteiger partial charge on any atom is 0.416 e. The molecule has 0 fully saturated rings. The maximum absolute atomic E-state index is 12.7. The summed E-state index contributed by atoms with van der Waals surface area (Å²) < 4.78 is 64.2. The van der Waals surface area contributed by atoms with Gasteiger partial charge in [-0.3, -0.25) is 9.82 Å². The lowest BCUT2D eigenvalue weighted by atomic mass is 10.2. The molecule has 0 aliphatic heterocycles. The van der Waals surface area contributed by atoms with Crippen LogP contribution in [-0.4, -0.2) is 18.6 Å². The van der Waals surface area contributed by atoms with E-state index in [-0.39, 0.29) is 21.3 Å². The summed E-state index contributed by atoms with van der Waals surface area (Å²) in [6.45, 7) is 1.47. The van der Waals surface area contributed by atoms with Crippen LogP contribution >= 0.6 is 11.6 Å². The van der Waals surface area contributed by atoms with Gasteiger partial charge in [-0.25, -0.2) is 8.42 Å². The van der Waals surface area contributed by atoms with E-state index < -0.39 is 21.8 Å². The minimum Gasteiger partial charge on any atom is -0.281 e. The Morgan fingerprint density at radius 1 is 1.29 bits per heavy atom. The van der Waals surface area contributed by atoms with Crippen molar-refractivity contribution in [2.24, 2.45) is 0 Å². The molecule has 0 spiro atoms. The highest BCUT2D eigenvalue weighted by Crippen LogP contribution is 2.33. The lowest BCUT2D eigenvalue weighted by molar-refractivity contribution is -0.137. The minimum absolute atomic E-state index is 0.156. The summed E-state index contributed by atoms with van der Waals surface area (Å²) in [5, 5.41) is 5.76. The van der Waals surface area contributed by atoms with Crippen LogP contribution < -0.4 is 4.72 Å². The van der Waals surface area contributed by atoms with Gasteiger partial charge < -0.3 is 0 Å². The van der Waals surface area contributed by atoms with Crippen molar-refractivity contribution in [2.45, 2.75) is 18.0 Å². The third kappa shape index (κ3) is 3.48. The Labute approximate surface area is 123 Å². The average Bonchev–Trinajstić information content (AvgIpc) is 2.73. The van der Waals surface area contributed by atoms with E-state index in [4.69, 9.17) is 11.6 Å². The zero-order valence-electron chi connectivity index (χ0n) is 10.5. The van der Waals surface area contributed by atoms with Gasteiger partial charge in [0.1, 0.15) is 4.90 Å². The molecule has 2 rings (SSSR count). The monoisotopic (exact) mass is 339 g/mol. The zero-order valence-corrected chi connectivity index (χ0v) is 12.1. The van der Waals surface area contributed by atoms with E-state index >= 15 is 0 Å². The molecular weight excluding hydrogens is 331 g/mol. The number of aromatic nitrogens is 2. The fourth-order valence-corrected chi connectivity index (χ4v) is 3.05. The summed E-state index contributed by atoms with van der Waals surface area (Å²) in [5.41, 5.74) is -1.06. The largest absolute Gasteiger partial charge is 0.416 e. The first-order valence-electron chi connectivity index (χ1n) is 5.50. The number of aryl methyl sites for hydroxylation is 1. The highest BCUT2D eigenvalue weighted by atomic mass is 35.5. The summed E-state index contributed by atoms with van der Waals surface area (Å²) >= 11 is 5.59. The molecule has 1 aromatic carbocycles. The topological polar surface area (TPSA) is 74.8 Å². The van der Waals surface area contributed by atoms with Crippen LogP contribution in [0.15, 0.2) is 29.3 Å². The van der Waals surface area contributed by atoms with Crippen LogP contribution in [0.5, 0.6) is 0 Å². The molecule has 2 aromatic rings. The molecule has 0 saturated carbocycles. The Kier molecular flexibility index (Phi) is 3.89. The quantitative estimate of drug-likeness (QED) is 0.901. The third-order valence-corrected chi connectivity index (χ3v) is 4.26. The van der Waals surface area contributed by atoms with E-state index in [0.717, 1.165) is 12.3 Å². The molecule has 0 aliphatic carbocycles. The maximum atomic E-state index is 12.7. The number of hydrogen-bond donors (Lipinski definition) is 2. The number of hydrogen-bond acceptors (Lipinski definition) is 3. The average molecular weight is 340 g/mol. The number of rotatable bonds is 3. The van der Waals surface area contributed by atoms with Gasteiger partial charge >= 0.3 is 6.18 Å². The molecule has 10 heteroatoms. The molecule has 0 saturated heterocycles. The second kappa shape index (κ2) is 5.23. The number of halogens is 4. The first-order valence-corrected chi connectivity index (χ1v) is 7.36. The van der Waals surface area contributed by atoms with E-state index in [1.165, 1.54) is 6.92 Å². The Bertz CT molecular complexity index is 771. The van der Waals surface area contributed by atoms with Crippen molar-refractivity contribution in [1.29, 1.82) is 0 Å². The van der Waals surface area contributed by atoms with Gasteiger partial charge in [0.15, 0.2) is 0 Å². The molecule has 0 aliphatic rings. The van der Waals surface area contributed by atoms with Gasteiger partial charge in [-0.1, -0.05) is 11.6 Å². The van der Waals surface area contributed by atoms with Crippen molar-refractivity contribution in [3.63, 3.8) is 0 Å². The van der Waals surface area contributed by atoms with Gasteiger partial charge in [0.25, 0.3) is 10.0 Å². The number of nitrogens with one attached hydrogen (secondary N) is 2. The van der Waals surface area contributed by atoms with Crippen LogP contribution in [0, 0.1) is 6.92 Å². The fourth-order valence-electron chi connectivity index (χ4n) is 1.63. The second-order valence-corrected chi connectivity index (χ2v) is 6.28. The van der Waals surface area contributed by atoms with Crippen LogP contribution in [0.3, 0.4) is 0 Å². The van der Waals surface area contributed by atoms with Crippen LogP contribution in [0.25, 0.3) is 0 Å². The molecule has 0 unspecified atom stereocenters. The van der Waals surface area contributed by atoms with Crippen molar-refractivity contribution in [1.82, 2.24) is 10.2 Å². The number of anilines is 1. The van der Waals surface area contributed by atoms with Crippen molar-refractivity contribution in [3.05, 3.63) is 40.7 Å². The number of benzene rings is 1. The summed E-state index contributed by atoms with van der Waals surface area (Å²) in [4.78, 5) is -0.156. The molecule has 0 amide bonds. The highest BCUT2D eigenvalue weighted by molar-refractivity contribution is 7.92. The van der Waals surface area contributed by atoms with Gasteiger partial charge in [0.05, 0.1) is 23.1 Å². The molecule has 5 nitrogen and oxygen atoms in total. The minimum atomic E-state index is -4.63. The summed E-state index contributed by atoms with van der Waals surface area (Å²) in [7, 11) is -4.05. The number of sulfonamides is 1. The molecular formula is C11H9ClF3N3O2S. The molecule has 0 radical (unpaired) electrons. The summed E-state index contributed by atoms with van der Waals surface area (Å²) in [6, 6.07) is 2.46. The van der Waals surface area contributed by atoms with Crippen LogP contribution in [-0.2, 0) is 16.2 Å². The number of nitrogens with zero attached hydrogens (tertiary/aromatic N) is 1. The zero-order chi connectivity index (χ0) is 15.8. The van der Waals surface area contributed by atoms with Crippen molar-refractivity contribution >= 4 is 27.3 Å². The standard InChI is InChI=1S/C11H9ClF3N3O2S/c1-6-10(5-16-17-6)21(19,20)18-9-3-7(11(13,14)15)2-8(12)4-9/h2-5,18H,1H3,(H,16,17). The summed E-state index contributed by atoms with van der Waals surface area (Å²) in [5.74, 6) is 0. The first-order chi connectivity index (χ1) is 9.59. The Balaban J connectivity index is 2.41. The van der Waals surface area contributed by atoms with E-state index in [2.05, 4.69) is 10.2 Å². The molecule has 0 bridgehead atoms. The van der Waals surface area contributed by atoms with E-state index in [9.17, 15) is 21.6 Å². The Hall–Kier alpha value is -1.74. The van der Waals surface area contributed by atoms with Gasteiger partial charge in [0.2, 0.25) is 0 Å². The van der Waals surface area contributed by atoms with Crippen LogP contribution in [0.1, 0.15) is 11.3 Å². The predicted octanol–water partition coefficient (Wildman–Crippen LogP) is 3.19. The van der Waals surface area contributed by atoms with Gasteiger partial charge in [-0.2, -0.15) is 18.3 Å². The molecule has 0 atom stereocenters. The SMILES string of the molecule is Cc1[nH]ncc1S(=O)(=O)Nc1cc(Cl)cc(C(F)(F)F)c1. The predicted molar refractivity (Wildman–Crippen MR) is 70.6 cm³/mol. The van der Waals surface area contributed by atoms with E-state index in [1.807, 2.05) is 4.72 Å². The van der Waals surface area contributed by atoms with Gasteiger partial charge in [0, 0.05) is 5.02 Å². The lowest BCUT2D eigenvalue weighted by Gasteiger charge is -2.11. The second-order valence-electron chi connectivity index (χ2n) is 4.19. The molecule has 114 valence electrons. The first kappa shape index (κ1) is 15.6. The molecule has 2 N–H and O–H groups in total. The molecule has 1 aromatic heterocycles. The van der Waals surface area contributed by atoms with Crippen molar-refractivity contribution in [2.75, 3.05) is 4.72 Å². The molecule has 1 heterocycles.